The van der Waals surface area contributed by atoms with E-state index >= 15 is 0 Å². The van der Waals surface area contributed by atoms with Crippen LogP contribution in [-0.4, -0.2) is 47.3 Å². The summed E-state index contributed by atoms with van der Waals surface area (Å²) in [5.74, 6) is 1.26. The first-order valence-corrected chi connectivity index (χ1v) is 7.18. The molecule has 0 unspecified atom stereocenters. The molecule has 2 rings (SSSR count). The van der Waals surface area contributed by atoms with Crippen LogP contribution in [0.5, 0.6) is 0 Å². The van der Waals surface area contributed by atoms with Gasteiger partial charge in [-0.1, -0.05) is 0 Å². The average Bonchev–Trinajstić information content (AvgIpc) is 2.31. The van der Waals surface area contributed by atoms with E-state index in [1.165, 1.54) is 0 Å². The van der Waals surface area contributed by atoms with Gasteiger partial charge in [-0.05, 0) is 50.3 Å². The standard InChI is InChI=1S/C11H20N2O2S/c14-10(15)11(3-7-16-8-4-11)13-9-1-5-12-6-2-9/h9,12-13H,1-8H2,(H,14,15). The van der Waals surface area contributed by atoms with Crippen molar-refractivity contribution in [1.82, 2.24) is 10.6 Å². The third-order valence-corrected chi connectivity index (χ3v) is 4.56. The molecule has 0 aromatic heterocycles. The second-order valence-electron chi connectivity index (χ2n) is 4.67. The number of aliphatic carboxylic acids is 1. The van der Waals surface area contributed by atoms with Gasteiger partial charge < -0.3 is 10.4 Å². The van der Waals surface area contributed by atoms with Crippen molar-refractivity contribution in [3.8, 4) is 0 Å². The molecule has 5 heteroatoms. The third kappa shape index (κ3) is 2.70. The van der Waals surface area contributed by atoms with E-state index in [4.69, 9.17) is 0 Å². The smallest absolute Gasteiger partial charge is 0.323 e. The molecule has 2 aliphatic heterocycles. The molecule has 3 N–H and O–H groups in total. The van der Waals surface area contributed by atoms with E-state index in [-0.39, 0.29) is 0 Å². The van der Waals surface area contributed by atoms with Crippen molar-refractivity contribution in [2.75, 3.05) is 24.6 Å². The maximum atomic E-state index is 11.5. The zero-order chi connectivity index (χ0) is 11.4. The number of piperidine rings is 1. The predicted octanol–water partition coefficient (Wildman–Crippen LogP) is 0.678. The Balaban J connectivity index is 1.98. The highest BCUT2D eigenvalue weighted by Crippen LogP contribution is 2.28. The van der Waals surface area contributed by atoms with E-state index < -0.39 is 11.5 Å². The topological polar surface area (TPSA) is 61.4 Å². The largest absolute Gasteiger partial charge is 0.480 e. The summed E-state index contributed by atoms with van der Waals surface area (Å²) in [6, 6.07) is 0.375. The molecule has 0 aliphatic carbocycles. The summed E-state index contributed by atoms with van der Waals surface area (Å²) >= 11 is 1.86. The first kappa shape index (κ1) is 12.2. The van der Waals surface area contributed by atoms with Crippen molar-refractivity contribution in [2.45, 2.75) is 37.3 Å². The highest BCUT2D eigenvalue weighted by Gasteiger charge is 2.41. The summed E-state index contributed by atoms with van der Waals surface area (Å²) < 4.78 is 0. The van der Waals surface area contributed by atoms with Gasteiger partial charge >= 0.3 is 5.97 Å². The molecule has 4 nitrogen and oxygen atoms in total. The second-order valence-corrected chi connectivity index (χ2v) is 5.89. The Labute approximate surface area is 101 Å². The molecule has 0 amide bonds. The number of nitrogens with one attached hydrogen (secondary N) is 2. The number of carboxylic acids is 1. The minimum absolute atomic E-state index is 0.375. The quantitative estimate of drug-likeness (QED) is 0.681. The van der Waals surface area contributed by atoms with Crippen LogP contribution in [0.3, 0.4) is 0 Å². The Bertz CT molecular complexity index is 248. The number of hydrogen-bond acceptors (Lipinski definition) is 4. The molecule has 2 heterocycles. The molecule has 0 saturated carbocycles. The Morgan fingerprint density at radius 1 is 1.31 bits per heavy atom. The molecule has 16 heavy (non-hydrogen) atoms. The van der Waals surface area contributed by atoms with Crippen LogP contribution < -0.4 is 10.6 Å². The minimum atomic E-state index is -0.661. The fourth-order valence-electron chi connectivity index (χ4n) is 2.50. The van der Waals surface area contributed by atoms with Gasteiger partial charge in [0.2, 0.25) is 0 Å². The van der Waals surface area contributed by atoms with Crippen molar-refractivity contribution in [3.05, 3.63) is 0 Å². The summed E-state index contributed by atoms with van der Waals surface area (Å²) in [5.41, 5.74) is -0.646. The first-order valence-electron chi connectivity index (χ1n) is 6.02. The summed E-state index contributed by atoms with van der Waals surface area (Å²) in [6.07, 6.45) is 3.61. The van der Waals surface area contributed by atoms with E-state index in [0.29, 0.717) is 6.04 Å². The van der Waals surface area contributed by atoms with Crippen LogP contribution in [0.1, 0.15) is 25.7 Å². The highest BCUT2D eigenvalue weighted by atomic mass is 32.2. The molecule has 0 atom stereocenters. The van der Waals surface area contributed by atoms with Gasteiger partial charge in [0.1, 0.15) is 5.54 Å². The number of carbonyl (C=O) groups is 1. The Morgan fingerprint density at radius 2 is 1.94 bits per heavy atom. The number of hydrogen-bond donors (Lipinski definition) is 3. The summed E-state index contributed by atoms with van der Waals surface area (Å²) in [7, 11) is 0. The lowest BCUT2D eigenvalue weighted by Crippen LogP contribution is -2.59. The van der Waals surface area contributed by atoms with Gasteiger partial charge in [0.25, 0.3) is 0 Å². The van der Waals surface area contributed by atoms with Crippen molar-refractivity contribution in [1.29, 1.82) is 0 Å². The van der Waals surface area contributed by atoms with E-state index in [0.717, 1.165) is 50.3 Å². The fraction of sp³-hybridized carbons (Fsp3) is 0.909. The van der Waals surface area contributed by atoms with Gasteiger partial charge in [-0.25, -0.2) is 0 Å². The molecule has 92 valence electrons. The third-order valence-electron chi connectivity index (χ3n) is 3.58. The molecule has 0 aromatic rings. The number of rotatable bonds is 3. The van der Waals surface area contributed by atoms with Gasteiger partial charge in [0.15, 0.2) is 0 Å². The van der Waals surface area contributed by atoms with Gasteiger partial charge in [0.05, 0.1) is 0 Å². The fourth-order valence-corrected chi connectivity index (χ4v) is 3.69. The lowest BCUT2D eigenvalue weighted by molar-refractivity contribution is -0.145. The van der Waals surface area contributed by atoms with Gasteiger partial charge in [-0.3, -0.25) is 10.1 Å². The van der Waals surface area contributed by atoms with Crippen LogP contribution in [-0.2, 0) is 4.79 Å². The monoisotopic (exact) mass is 244 g/mol. The Hall–Kier alpha value is -0.260. The van der Waals surface area contributed by atoms with Crippen molar-refractivity contribution in [3.63, 3.8) is 0 Å². The van der Waals surface area contributed by atoms with E-state index in [1.807, 2.05) is 11.8 Å². The van der Waals surface area contributed by atoms with Crippen molar-refractivity contribution in [2.24, 2.45) is 0 Å². The zero-order valence-corrected chi connectivity index (χ0v) is 10.3. The molecular formula is C11H20N2O2S. The van der Waals surface area contributed by atoms with Crippen LogP contribution in [0, 0.1) is 0 Å². The first-order chi connectivity index (χ1) is 7.73. The zero-order valence-electron chi connectivity index (χ0n) is 9.50. The van der Waals surface area contributed by atoms with Gasteiger partial charge in [-0.2, -0.15) is 11.8 Å². The van der Waals surface area contributed by atoms with Gasteiger partial charge in [0, 0.05) is 6.04 Å². The summed E-state index contributed by atoms with van der Waals surface area (Å²) in [5, 5.41) is 16.2. The summed E-state index contributed by atoms with van der Waals surface area (Å²) in [6.45, 7) is 2.00. The second kappa shape index (κ2) is 5.38. The molecule has 0 aromatic carbocycles. The lowest BCUT2D eigenvalue weighted by Gasteiger charge is -2.38. The number of thioether (sulfide) groups is 1. The van der Waals surface area contributed by atoms with E-state index in [9.17, 15) is 9.90 Å². The molecular weight excluding hydrogens is 224 g/mol. The SMILES string of the molecule is O=C(O)C1(NC2CCNCC2)CCSCC1. The predicted molar refractivity (Wildman–Crippen MR) is 66.0 cm³/mol. The average molecular weight is 244 g/mol. The minimum Gasteiger partial charge on any atom is -0.480 e. The van der Waals surface area contributed by atoms with Crippen LogP contribution in [0.25, 0.3) is 0 Å². The van der Waals surface area contributed by atoms with Crippen molar-refractivity contribution >= 4 is 17.7 Å². The van der Waals surface area contributed by atoms with Crippen LogP contribution in [0.2, 0.25) is 0 Å². The Morgan fingerprint density at radius 3 is 2.50 bits per heavy atom. The lowest BCUT2D eigenvalue weighted by atomic mass is 9.89. The normalized spacial score (nSPS) is 26.5. The van der Waals surface area contributed by atoms with Crippen LogP contribution >= 0.6 is 11.8 Å². The molecule has 0 bridgehead atoms. The van der Waals surface area contributed by atoms with Crippen LogP contribution in [0.15, 0.2) is 0 Å². The van der Waals surface area contributed by atoms with E-state index in [1.54, 1.807) is 0 Å². The molecule has 2 fully saturated rings. The molecule has 0 spiro atoms. The molecule has 0 radical (unpaired) electrons. The Kier molecular flexibility index (Phi) is 4.10. The maximum Gasteiger partial charge on any atom is 0.323 e. The number of carboxylic acid groups (broad SMARTS) is 1. The summed E-state index contributed by atoms with van der Waals surface area (Å²) in [4.78, 5) is 11.5. The van der Waals surface area contributed by atoms with Gasteiger partial charge in [-0.15, -0.1) is 0 Å². The van der Waals surface area contributed by atoms with Crippen LogP contribution in [0.4, 0.5) is 0 Å². The highest BCUT2D eigenvalue weighted by molar-refractivity contribution is 7.99. The van der Waals surface area contributed by atoms with Crippen molar-refractivity contribution < 1.29 is 9.90 Å². The molecule has 2 aliphatic rings. The molecule has 2 saturated heterocycles. The van der Waals surface area contributed by atoms with E-state index in [2.05, 4.69) is 10.6 Å². The maximum absolute atomic E-state index is 11.5.